The van der Waals surface area contributed by atoms with Crippen molar-refractivity contribution in [3.05, 3.63) is 11.6 Å². The lowest BCUT2D eigenvalue weighted by Gasteiger charge is -2.05. The second-order valence-corrected chi connectivity index (χ2v) is 2.24. The Balaban J connectivity index is 2.81. The molecule has 0 unspecified atom stereocenters. The van der Waals surface area contributed by atoms with E-state index in [9.17, 15) is 9.59 Å². The maximum Gasteiger partial charge on any atom is 0.338 e. The maximum absolute atomic E-state index is 10.8. The van der Waals surface area contributed by atoms with Crippen LogP contribution in [0, 0.1) is 0 Å². The van der Waals surface area contributed by atoms with Gasteiger partial charge in [0.05, 0.1) is 5.57 Å². The van der Waals surface area contributed by atoms with E-state index in [1.54, 1.807) is 0 Å². The number of carboxylic acid groups (broad SMARTS) is 1. The van der Waals surface area contributed by atoms with Crippen LogP contribution < -0.4 is 0 Å². The predicted molar refractivity (Wildman–Crippen MR) is 34.6 cm³/mol. The highest BCUT2D eigenvalue weighted by molar-refractivity contribution is 6.16. The quantitative estimate of drug-likeness (QED) is 0.547. The molecule has 0 aliphatic heterocycles. The fraction of sp³-hybridized carbons (Fsp3) is 0.429. The maximum atomic E-state index is 10.8. The molecule has 0 bridgehead atoms. The first kappa shape index (κ1) is 6.99. The van der Waals surface area contributed by atoms with Gasteiger partial charge in [-0.15, -0.1) is 0 Å². The molecule has 0 radical (unpaired) electrons. The number of carbonyl (C=O) groups is 2. The van der Waals surface area contributed by atoms with Crippen LogP contribution in [0.25, 0.3) is 0 Å². The summed E-state index contributed by atoms with van der Waals surface area (Å²) < 4.78 is 0. The number of allylic oxidation sites excluding steroid dienone is 1. The van der Waals surface area contributed by atoms with Crippen molar-refractivity contribution < 1.29 is 14.7 Å². The number of carbonyl (C=O) groups excluding carboxylic acids is 1. The summed E-state index contributed by atoms with van der Waals surface area (Å²) in [6.45, 7) is 0. The van der Waals surface area contributed by atoms with Gasteiger partial charge in [0.15, 0.2) is 5.78 Å². The van der Waals surface area contributed by atoms with E-state index in [1.165, 1.54) is 6.08 Å². The van der Waals surface area contributed by atoms with Crippen LogP contribution in [-0.4, -0.2) is 16.9 Å². The molecule has 0 amide bonds. The molecule has 1 aliphatic rings. The van der Waals surface area contributed by atoms with Crippen LogP contribution in [0.15, 0.2) is 11.6 Å². The van der Waals surface area contributed by atoms with Crippen molar-refractivity contribution in [2.24, 2.45) is 0 Å². The second kappa shape index (κ2) is 2.64. The van der Waals surface area contributed by atoms with Gasteiger partial charge in [-0.1, -0.05) is 6.08 Å². The van der Waals surface area contributed by atoms with Crippen LogP contribution in [0.1, 0.15) is 19.3 Å². The molecule has 0 heterocycles. The number of hydrogen-bond donors (Lipinski definition) is 1. The highest BCUT2D eigenvalue weighted by Crippen LogP contribution is 2.13. The van der Waals surface area contributed by atoms with E-state index in [-0.39, 0.29) is 11.4 Å². The molecule has 3 nitrogen and oxygen atoms in total. The Morgan fingerprint density at radius 2 is 2.30 bits per heavy atom. The first-order valence-corrected chi connectivity index (χ1v) is 3.18. The van der Waals surface area contributed by atoms with E-state index in [1.807, 2.05) is 0 Å². The summed E-state index contributed by atoms with van der Waals surface area (Å²) in [5.41, 5.74) is -0.0359. The molecular weight excluding hydrogens is 132 g/mol. The van der Waals surface area contributed by atoms with Gasteiger partial charge < -0.3 is 5.11 Å². The molecule has 0 atom stereocenters. The summed E-state index contributed by atoms with van der Waals surface area (Å²) in [5, 5.41) is 8.42. The number of rotatable bonds is 1. The van der Waals surface area contributed by atoms with Gasteiger partial charge in [-0.05, 0) is 12.8 Å². The Hall–Kier alpha value is -1.12. The summed E-state index contributed by atoms with van der Waals surface area (Å²) in [6.07, 6.45) is 3.38. The zero-order valence-electron chi connectivity index (χ0n) is 5.46. The van der Waals surface area contributed by atoms with Crippen LogP contribution >= 0.6 is 0 Å². The molecule has 10 heavy (non-hydrogen) atoms. The first-order valence-electron chi connectivity index (χ1n) is 3.18. The third-order valence-corrected chi connectivity index (χ3v) is 1.49. The first-order chi connectivity index (χ1) is 4.72. The molecule has 3 heteroatoms. The molecule has 1 aliphatic carbocycles. The number of aliphatic carboxylic acids is 1. The second-order valence-electron chi connectivity index (χ2n) is 2.24. The molecule has 54 valence electrons. The van der Waals surface area contributed by atoms with Gasteiger partial charge in [0.2, 0.25) is 0 Å². The minimum Gasteiger partial charge on any atom is -0.478 e. The Bertz CT molecular complexity index is 203. The number of hydrogen-bond acceptors (Lipinski definition) is 2. The van der Waals surface area contributed by atoms with Gasteiger partial charge in [-0.2, -0.15) is 0 Å². The third-order valence-electron chi connectivity index (χ3n) is 1.49. The predicted octanol–water partition coefficient (Wildman–Crippen LogP) is 0.750. The normalized spacial score (nSPS) is 18.4. The highest BCUT2D eigenvalue weighted by atomic mass is 16.4. The molecular formula is C7H8O3. The number of Topliss-reactive ketones (excluding diaryl/α,β-unsaturated/α-hetero) is 1. The largest absolute Gasteiger partial charge is 0.478 e. The number of ketones is 1. The summed E-state index contributed by atoms with van der Waals surface area (Å²) in [6, 6.07) is 0. The third kappa shape index (κ3) is 1.23. The summed E-state index contributed by atoms with van der Waals surface area (Å²) in [4.78, 5) is 21.1. The van der Waals surface area contributed by atoms with Crippen molar-refractivity contribution in [1.82, 2.24) is 0 Å². The van der Waals surface area contributed by atoms with Gasteiger partial charge >= 0.3 is 5.97 Å². The molecule has 0 aromatic rings. The van der Waals surface area contributed by atoms with Crippen molar-refractivity contribution in [3.63, 3.8) is 0 Å². The van der Waals surface area contributed by atoms with E-state index in [0.29, 0.717) is 12.8 Å². The molecule has 0 aromatic carbocycles. The van der Waals surface area contributed by atoms with Crippen LogP contribution in [-0.2, 0) is 9.59 Å². The Morgan fingerprint density at radius 3 is 2.70 bits per heavy atom. The summed E-state index contributed by atoms with van der Waals surface area (Å²) in [7, 11) is 0. The van der Waals surface area contributed by atoms with E-state index < -0.39 is 5.97 Å². The van der Waals surface area contributed by atoms with Crippen LogP contribution in [0.3, 0.4) is 0 Å². The van der Waals surface area contributed by atoms with E-state index >= 15 is 0 Å². The van der Waals surface area contributed by atoms with Gasteiger partial charge in [0.25, 0.3) is 0 Å². The minimum absolute atomic E-state index is 0.0359. The fourth-order valence-corrected chi connectivity index (χ4v) is 0.964. The van der Waals surface area contributed by atoms with Gasteiger partial charge in [0, 0.05) is 6.42 Å². The SMILES string of the molecule is O=C(O)C1=CCCCC1=O. The molecule has 0 fully saturated rings. The van der Waals surface area contributed by atoms with Crippen molar-refractivity contribution >= 4 is 11.8 Å². The Morgan fingerprint density at radius 1 is 1.60 bits per heavy atom. The van der Waals surface area contributed by atoms with Gasteiger partial charge in [-0.25, -0.2) is 4.79 Å². The molecule has 0 spiro atoms. The lowest BCUT2D eigenvalue weighted by atomic mass is 9.98. The van der Waals surface area contributed by atoms with E-state index in [4.69, 9.17) is 5.11 Å². The van der Waals surface area contributed by atoms with Crippen molar-refractivity contribution in [2.45, 2.75) is 19.3 Å². The molecule has 0 aromatic heterocycles. The molecule has 0 saturated carbocycles. The fourth-order valence-electron chi connectivity index (χ4n) is 0.964. The lowest BCUT2D eigenvalue weighted by molar-refractivity contribution is -0.134. The standard InChI is InChI=1S/C7H8O3/c8-6-4-2-1-3-5(6)7(9)10/h3H,1-2,4H2,(H,9,10). The Kier molecular flexibility index (Phi) is 1.85. The van der Waals surface area contributed by atoms with Crippen molar-refractivity contribution in [3.8, 4) is 0 Å². The summed E-state index contributed by atoms with van der Waals surface area (Å²) >= 11 is 0. The smallest absolute Gasteiger partial charge is 0.338 e. The van der Waals surface area contributed by atoms with Crippen LogP contribution in [0.5, 0.6) is 0 Å². The molecule has 1 rings (SSSR count). The average Bonchev–Trinajstić information content (AvgIpc) is 1.88. The van der Waals surface area contributed by atoms with Gasteiger partial charge in [0.1, 0.15) is 0 Å². The van der Waals surface area contributed by atoms with Crippen molar-refractivity contribution in [1.29, 1.82) is 0 Å². The highest BCUT2D eigenvalue weighted by Gasteiger charge is 2.18. The molecule has 1 N–H and O–H groups in total. The van der Waals surface area contributed by atoms with E-state index in [2.05, 4.69) is 0 Å². The molecule has 0 saturated heterocycles. The van der Waals surface area contributed by atoms with Crippen LogP contribution in [0.4, 0.5) is 0 Å². The minimum atomic E-state index is -1.09. The average molecular weight is 140 g/mol. The summed E-state index contributed by atoms with van der Waals surface area (Å²) in [5.74, 6) is -1.33. The zero-order chi connectivity index (χ0) is 7.56. The lowest BCUT2D eigenvalue weighted by Crippen LogP contribution is -2.14. The number of carboxylic acids is 1. The van der Waals surface area contributed by atoms with Gasteiger partial charge in [-0.3, -0.25) is 4.79 Å². The van der Waals surface area contributed by atoms with Crippen LogP contribution in [0.2, 0.25) is 0 Å². The van der Waals surface area contributed by atoms with E-state index in [0.717, 1.165) is 6.42 Å². The Labute approximate surface area is 58.4 Å². The monoisotopic (exact) mass is 140 g/mol. The topological polar surface area (TPSA) is 54.4 Å². The zero-order valence-corrected chi connectivity index (χ0v) is 5.46. The van der Waals surface area contributed by atoms with Crippen molar-refractivity contribution in [2.75, 3.05) is 0 Å².